The van der Waals surface area contributed by atoms with Gasteiger partial charge in [0.15, 0.2) is 0 Å². The maximum Gasteiger partial charge on any atom is 0.0468 e. The minimum atomic E-state index is 1.11. The van der Waals surface area contributed by atoms with Gasteiger partial charge >= 0.3 is 0 Å². The maximum absolute atomic E-state index is 2.39. The number of anilines is 3. The van der Waals surface area contributed by atoms with Gasteiger partial charge in [0.05, 0.1) is 0 Å². The van der Waals surface area contributed by atoms with Gasteiger partial charge in [0.1, 0.15) is 0 Å². The molecular weight excluding hydrogens is 639 g/mol. The van der Waals surface area contributed by atoms with Crippen molar-refractivity contribution in [2.75, 3.05) is 4.90 Å². The van der Waals surface area contributed by atoms with Crippen LogP contribution in [0.2, 0.25) is 0 Å². The fourth-order valence-electron chi connectivity index (χ4n) is 8.00. The molecule has 0 amide bonds. The molecule has 10 rings (SSSR count). The third-order valence-corrected chi connectivity index (χ3v) is 10.6. The topological polar surface area (TPSA) is 3.24 Å². The smallest absolute Gasteiger partial charge is 0.0468 e. The molecule has 0 aliphatic heterocycles. The molecule has 0 unspecified atom stereocenters. The van der Waals surface area contributed by atoms with Gasteiger partial charge in [-0.1, -0.05) is 176 Å². The van der Waals surface area contributed by atoms with Gasteiger partial charge in [-0.2, -0.15) is 0 Å². The minimum Gasteiger partial charge on any atom is -0.310 e. The zero-order valence-corrected chi connectivity index (χ0v) is 29.2. The molecule has 10 aromatic carbocycles. The standard InChI is InChI=1S/C52H35N/c1-4-17-47-38(10-1)13-8-20-50(47)41-24-22-36(23-25-41)37-28-30-44(31-29-37)53(46-32-33-52-43(35-46)27-26-40-12-3-6-19-49(40)52)45-16-7-15-42(34-45)51-21-9-14-39-11-2-5-18-48(39)51/h1-35H. The zero-order valence-electron chi connectivity index (χ0n) is 29.2. The Morgan fingerprint density at radius 1 is 0.226 bits per heavy atom. The Morgan fingerprint density at radius 3 is 1.36 bits per heavy atom. The van der Waals surface area contributed by atoms with Crippen LogP contribution in [0, 0.1) is 0 Å². The molecule has 53 heavy (non-hydrogen) atoms. The molecule has 248 valence electrons. The molecule has 0 bridgehead atoms. The summed E-state index contributed by atoms with van der Waals surface area (Å²) >= 11 is 0. The number of hydrogen-bond donors (Lipinski definition) is 0. The number of rotatable bonds is 6. The van der Waals surface area contributed by atoms with E-state index in [1.54, 1.807) is 0 Å². The largest absolute Gasteiger partial charge is 0.310 e. The van der Waals surface area contributed by atoms with Crippen LogP contribution >= 0.6 is 0 Å². The molecular formula is C52H35N. The highest BCUT2D eigenvalue weighted by molar-refractivity contribution is 6.08. The molecule has 0 atom stereocenters. The van der Waals surface area contributed by atoms with Crippen LogP contribution in [0.3, 0.4) is 0 Å². The van der Waals surface area contributed by atoms with Crippen LogP contribution in [0.4, 0.5) is 17.1 Å². The lowest BCUT2D eigenvalue weighted by molar-refractivity contribution is 1.29. The van der Waals surface area contributed by atoms with E-state index in [0.717, 1.165) is 17.1 Å². The van der Waals surface area contributed by atoms with Crippen molar-refractivity contribution < 1.29 is 0 Å². The van der Waals surface area contributed by atoms with E-state index in [1.807, 2.05) is 0 Å². The molecule has 0 heterocycles. The number of benzene rings is 10. The van der Waals surface area contributed by atoms with Gasteiger partial charge < -0.3 is 4.90 Å². The van der Waals surface area contributed by atoms with Gasteiger partial charge in [0.2, 0.25) is 0 Å². The normalized spacial score (nSPS) is 11.4. The van der Waals surface area contributed by atoms with Gasteiger partial charge in [0.25, 0.3) is 0 Å². The molecule has 0 saturated heterocycles. The van der Waals surface area contributed by atoms with Crippen molar-refractivity contribution in [1.82, 2.24) is 0 Å². The number of nitrogens with zero attached hydrogens (tertiary/aromatic N) is 1. The molecule has 1 nitrogen and oxygen atoms in total. The summed E-state index contributed by atoms with van der Waals surface area (Å²) in [5, 5.41) is 10.1. The zero-order chi connectivity index (χ0) is 35.1. The van der Waals surface area contributed by atoms with E-state index in [0.29, 0.717) is 0 Å². The van der Waals surface area contributed by atoms with Gasteiger partial charge in [-0.05, 0) is 113 Å². The van der Waals surface area contributed by atoms with Crippen molar-refractivity contribution in [2.24, 2.45) is 0 Å². The SMILES string of the molecule is c1cc(-c2cccc3ccccc23)cc(N(c2ccc(-c3ccc(-c4cccc5ccccc45)cc3)cc2)c2ccc3c(ccc4ccccc43)c2)c1. The summed E-state index contributed by atoms with van der Waals surface area (Å²) in [4.78, 5) is 2.39. The summed E-state index contributed by atoms with van der Waals surface area (Å²) in [5.74, 6) is 0. The Hall–Kier alpha value is -6.96. The van der Waals surface area contributed by atoms with Crippen LogP contribution in [-0.4, -0.2) is 0 Å². The van der Waals surface area contributed by atoms with E-state index in [4.69, 9.17) is 0 Å². The van der Waals surface area contributed by atoms with E-state index in [-0.39, 0.29) is 0 Å². The van der Waals surface area contributed by atoms with E-state index in [1.165, 1.54) is 76.5 Å². The highest BCUT2D eigenvalue weighted by atomic mass is 15.1. The first-order chi connectivity index (χ1) is 26.3. The minimum absolute atomic E-state index is 1.11. The fraction of sp³-hybridized carbons (Fsp3) is 0. The van der Waals surface area contributed by atoms with E-state index >= 15 is 0 Å². The second kappa shape index (κ2) is 13.0. The Bertz CT molecular complexity index is 2930. The molecule has 1 heteroatoms. The van der Waals surface area contributed by atoms with Crippen LogP contribution in [0.25, 0.3) is 76.5 Å². The number of fused-ring (bicyclic) bond motifs is 5. The first kappa shape index (κ1) is 30.8. The maximum atomic E-state index is 2.39. The molecule has 0 radical (unpaired) electrons. The van der Waals surface area contributed by atoms with E-state index in [2.05, 4.69) is 217 Å². The predicted molar refractivity (Wildman–Crippen MR) is 227 cm³/mol. The summed E-state index contributed by atoms with van der Waals surface area (Å²) < 4.78 is 0. The second-order valence-corrected chi connectivity index (χ2v) is 13.8. The van der Waals surface area contributed by atoms with Crippen molar-refractivity contribution >= 4 is 60.2 Å². The van der Waals surface area contributed by atoms with Crippen molar-refractivity contribution in [2.45, 2.75) is 0 Å². The predicted octanol–water partition coefficient (Wildman–Crippen LogP) is 14.8. The molecule has 0 aliphatic rings. The highest BCUT2D eigenvalue weighted by Crippen LogP contribution is 2.41. The van der Waals surface area contributed by atoms with Gasteiger partial charge in [-0.3, -0.25) is 0 Å². The molecule has 0 saturated carbocycles. The summed E-state index contributed by atoms with van der Waals surface area (Å²) in [6.45, 7) is 0. The monoisotopic (exact) mass is 673 g/mol. The third kappa shape index (κ3) is 5.60. The quantitative estimate of drug-likeness (QED) is 0.159. The Kier molecular flexibility index (Phi) is 7.55. The summed E-state index contributed by atoms with van der Waals surface area (Å²) in [7, 11) is 0. The van der Waals surface area contributed by atoms with Crippen LogP contribution < -0.4 is 4.90 Å². The van der Waals surface area contributed by atoms with Crippen LogP contribution in [0.15, 0.2) is 212 Å². The summed E-state index contributed by atoms with van der Waals surface area (Å²) in [6, 6.07) is 77.3. The van der Waals surface area contributed by atoms with Crippen LogP contribution in [0.5, 0.6) is 0 Å². The number of hydrogen-bond acceptors (Lipinski definition) is 1. The molecule has 0 N–H and O–H groups in total. The van der Waals surface area contributed by atoms with Gasteiger partial charge in [0, 0.05) is 17.1 Å². The average molecular weight is 674 g/mol. The van der Waals surface area contributed by atoms with Crippen molar-refractivity contribution in [3.63, 3.8) is 0 Å². The summed E-state index contributed by atoms with van der Waals surface area (Å²) in [6.07, 6.45) is 0. The van der Waals surface area contributed by atoms with E-state index < -0.39 is 0 Å². The summed E-state index contributed by atoms with van der Waals surface area (Å²) in [5.41, 5.74) is 10.6. The molecule has 0 spiro atoms. The highest BCUT2D eigenvalue weighted by Gasteiger charge is 2.16. The lowest BCUT2D eigenvalue weighted by atomic mass is 9.96. The molecule has 0 aliphatic carbocycles. The van der Waals surface area contributed by atoms with Crippen LogP contribution in [0.1, 0.15) is 0 Å². The lowest BCUT2D eigenvalue weighted by Gasteiger charge is -2.27. The van der Waals surface area contributed by atoms with Crippen molar-refractivity contribution in [1.29, 1.82) is 0 Å². The van der Waals surface area contributed by atoms with Crippen LogP contribution in [-0.2, 0) is 0 Å². The average Bonchev–Trinajstić information content (AvgIpc) is 3.24. The second-order valence-electron chi connectivity index (χ2n) is 13.8. The Labute approximate surface area is 309 Å². The fourth-order valence-corrected chi connectivity index (χ4v) is 8.00. The van der Waals surface area contributed by atoms with Crippen molar-refractivity contribution in [3.05, 3.63) is 212 Å². The molecule has 0 fully saturated rings. The Balaban J connectivity index is 1.06. The first-order valence-corrected chi connectivity index (χ1v) is 18.3. The third-order valence-electron chi connectivity index (χ3n) is 10.6. The molecule has 10 aromatic rings. The van der Waals surface area contributed by atoms with E-state index in [9.17, 15) is 0 Å². The lowest BCUT2D eigenvalue weighted by Crippen LogP contribution is -2.10. The first-order valence-electron chi connectivity index (χ1n) is 18.3. The van der Waals surface area contributed by atoms with Crippen molar-refractivity contribution in [3.8, 4) is 33.4 Å². The Morgan fingerprint density at radius 2 is 0.679 bits per heavy atom. The van der Waals surface area contributed by atoms with Gasteiger partial charge in [-0.25, -0.2) is 0 Å². The molecule has 0 aromatic heterocycles. The van der Waals surface area contributed by atoms with Gasteiger partial charge in [-0.15, -0.1) is 0 Å².